The molecule has 5 rings (SSSR count). The number of rotatable bonds is 4. The third-order valence-electron chi connectivity index (χ3n) is 6.24. The Morgan fingerprint density at radius 2 is 2.26 bits per heavy atom. The van der Waals surface area contributed by atoms with Crippen LogP contribution in [0.2, 0.25) is 0 Å². The lowest BCUT2D eigenvalue weighted by molar-refractivity contribution is -0.127. The molecule has 4 nitrogen and oxygen atoms in total. The van der Waals surface area contributed by atoms with Crippen molar-refractivity contribution in [2.45, 2.75) is 30.7 Å². The molecule has 1 aromatic rings. The third kappa shape index (κ3) is 2.01. The number of benzene rings is 1. The van der Waals surface area contributed by atoms with Crippen molar-refractivity contribution in [2.24, 2.45) is 11.8 Å². The minimum atomic E-state index is -0.615. The number of para-hydroxylation sites is 1. The summed E-state index contributed by atoms with van der Waals surface area (Å²) in [6.45, 7) is 6.05. The van der Waals surface area contributed by atoms with Gasteiger partial charge in [0.25, 0.3) is 0 Å². The van der Waals surface area contributed by atoms with E-state index in [0.717, 1.165) is 30.8 Å². The Balaban J connectivity index is 1.78. The molecule has 4 aliphatic rings. The van der Waals surface area contributed by atoms with Crippen LogP contribution in [-0.2, 0) is 10.2 Å². The maximum atomic E-state index is 13.0. The summed E-state index contributed by atoms with van der Waals surface area (Å²) in [5.74, 6) is 1.20. The molecule has 0 aliphatic carbocycles. The molecular weight excluding hydrogens is 288 g/mol. The number of nitrogens with zero attached hydrogens (tertiary/aromatic N) is 1. The lowest BCUT2D eigenvalue weighted by atomic mass is 9.63. The van der Waals surface area contributed by atoms with Crippen LogP contribution in [0.3, 0.4) is 0 Å². The molecule has 5 atom stereocenters. The average molecular weight is 312 g/mol. The smallest absolute Gasteiger partial charge is 0.236 e. The van der Waals surface area contributed by atoms with Crippen molar-refractivity contribution in [3.05, 3.63) is 42.5 Å². The summed E-state index contributed by atoms with van der Waals surface area (Å²) in [6.07, 6.45) is 4.76. The van der Waals surface area contributed by atoms with Gasteiger partial charge >= 0.3 is 0 Å². The van der Waals surface area contributed by atoms with Gasteiger partial charge in [0.1, 0.15) is 0 Å². The third-order valence-corrected chi connectivity index (χ3v) is 6.24. The van der Waals surface area contributed by atoms with E-state index in [1.807, 2.05) is 18.2 Å². The van der Waals surface area contributed by atoms with Gasteiger partial charge in [0.15, 0.2) is 0 Å². The van der Waals surface area contributed by atoms with Crippen molar-refractivity contribution in [3.8, 4) is 0 Å². The minimum absolute atomic E-state index is 0.0294. The molecule has 3 fully saturated rings. The van der Waals surface area contributed by atoms with E-state index in [4.69, 9.17) is 0 Å². The summed E-state index contributed by atoms with van der Waals surface area (Å²) < 4.78 is 0. The highest BCUT2D eigenvalue weighted by atomic mass is 16.3. The number of carbonyl (C=O) groups excluding carboxylic acids is 1. The van der Waals surface area contributed by atoms with E-state index in [-0.39, 0.29) is 18.6 Å². The fourth-order valence-corrected chi connectivity index (χ4v) is 5.11. The van der Waals surface area contributed by atoms with Crippen LogP contribution in [0.4, 0.5) is 5.69 Å². The maximum Gasteiger partial charge on any atom is 0.236 e. The fraction of sp³-hybridized carbons (Fsp3) is 0.526. The van der Waals surface area contributed by atoms with Crippen molar-refractivity contribution >= 4 is 11.6 Å². The molecule has 2 N–H and O–H groups in total. The van der Waals surface area contributed by atoms with Gasteiger partial charge in [0, 0.05) is 24.9 Å². The summed E-state index contributed by atoms with van der Waals surface area (Å²) in [7, 11) is 0. The van der Waals surface area contributed by atoms with E-state index in [9.17, 15) is 9.90 Å². The monoisotopic (exact) mass is 312 g/mol. The molecule has 0 aromatic heterocycles. The summed E-state index contributed by atoms with van der Waals surface area (Å²) in [5, 5.41) is 12.8. The van der Waals surface area contributed by atoms with Crippen LogP contribution in [0.5, 0.6) is 0 Å². The van der Waals surface area contributed by atoms with Gasteiger partial charge in [-0.25, -0.2) is 0 Å². The van der Waals surface area contributed by atoms with Crippen molar-refractivity contribution in [1.82, 2.24) is 4.90 Å². The quantitative estimate of drug-likeness (QED) is 0.838. The molecule has 23 heavy (non-hydrogen) atoms. The number of fused-ring (bicyclic) bond motifs is 4. The number of carbonyl (C=O) groups is 1. The number of aliphatic hydroxyl groups excluding tert-OH is 1. The molecular formula is C19H24N2O2. The molecule has 1 amide bonds. The Kier molecular flexibility index (Phi) is 3.54. The largest absolute Gasteiger partial charge is 0.396 e. The van der Waals surface area contributed by atoms with Crippen LogP contribution in [-0.4, -0.2) is 41.7 Å². The highest BCUT2D eigenvalue weighted by molar-refractivity contribution is 6.07. The fourth-order valence-electron chi connectivity index (χ4n) is 5.11. The molecule has 2 bridgehead atoms. The predicted octanol–water partition coefficient (Wildman–Crippen LogP) is 2.16. The van der Waals surface area contributed by atoms with Gasteiger partial charge in [0.2, 0.25) is 5.91 Å². The molecule has 1 unspecified atom stereocenters. The number of anilines is 1. The first-order valence-corrected chi connectivity index (χ1v) is 8.59. The zero-order valence-corrected chi connectivity index (χ0v) is 13.4. The summed E-state index contributed by atoms with van der Waals surface area (Å²) in [5.41, 5.74) is 1.36. The Morgan fingerprint density at radius 3 is 2.96 bits per heavy atom. The molecule has 4 aliphatic heterocycles. The zero-order chi connectivity index (χ0) is 16.0. The number of hydrogen-bond donors (Lipinski definition) is 2. The maximum absolute atomic E-state index is 13.0. The Hall–Kier alpha value is -1.65. The van der Waals surface area contributed by atoms with E-state index in [1.165, 1.54) is 6.42 Å². The molecule has 4 heterocycles. The second kappa shape index (κ2) is 5.46. The number of nitrogens with one attached hydrogen (secondary N) is 1. The molecule has 1 aromatic carbocycles. The molecule has 0 radical (unpaired) electrons. The first-order chi connectivity index (χ1) is 11.2. The highest BCUT2D eigenvalue weighted by Gasteiger charge is 2.56. The van der Waals surface area contributed by atoms with Gasteiger partial charge in [-0.05, 0) is 49.3 Å². The standard InChI is InChI=1S/C19H24N2O2/c1-2-13-12-21-9-7-14(13)11-17(21)19(8-10-22)15-5-3-4-6-16(15)20-18(19)23/h2-6,13-14,17,22H,1,7-12H2,(H,20,23)/t13-,14-,17-,19+/m0/s1. The first-order valence-electron chi connectivity index (χ1n) is 8.59. The van der Waals surface area contributed by atoms with Crippen LogP contribution in [0.1, 0.15) is 24.8 Å². The van der Waals surface area contributed by atoms with Crippen LogP contribution >= 0.6 is 0 Å². The highest BCUT2D eigenvalue weighted by Crippen LogP contribution is 2.50. The molecule has 122 valence electrons. The first kappa shape index (κ1) is 14.9. The van der Waals surface area contributed by atoms with E-state index in [0.29, 0.717) is 18.3 Å². The van der Waals surface area contributed by atoms with E-state index in [2.05, 4.69) is 28.9 Å². The summed E-state index contributed by atoms with van der Waals surface area (Å²) >= 11 is 0. The van der Waals surface area contributed by atoms with Crippen LogP contribution < -0.4 is 5.32 Å². The van der Waals surface area contributed by atoms with E-state index < -0.39 is 5.41 Å². The number of piperidine rings is 3. The topological polar surface area (TPSA) is 52.6 Å². The molecule has 0 spiro atoms. The van der Waals surface area contributed by atoms with Crippen molar-refractivity contribution in [3.63, 3.8) is 0 Å². The number of amides is 1. The second-order valence-electron chi connectivity index (χ2n) is 7.14. The van der Waals surface area contributed by atoms with Gasteiger partial charge in [-0.15, -0.1) is 6.58 Å². The lowest BCUT2D eigenvalue weighted by Gasteiger charge is -2.54. The number of hydrogen-bond acceptors (Lipinski definition) is 3. The molecule has 0 saturated carbocycles. The van der Waals surface area contributed by atoms with E-state index in [1.54, 1.807) is 0 Å². The number of aliphatic hydroxyl groups is 1. The molecule has 4 heteroatoms. The van der Waals surface area contributed by atoms with E-state index >= 15 is 0 Å². The lowest BCUT2D eigenvalue weighted by Crippen LogP contribution is -2.62. The predicted molar refractivity (Wildman–Crippen MR) is 90.2 cm³/mol. The van der Waals surface area contributed by atoms with Gasteiger partial charge in [-0.2, -0.15) is 0 Å². The Bertz CT molecular complexity index is 644. The van der Waals surface area contributed by atoms with Gasteiger partial charge in [-0.1, -0.05) is 24.3 Å². The van der Waals surface area contributed by atoms with Crippen LogP contribution in [0, 0.1) is 11.8 Å². The average Bonchev–Trinajstić information content (AvgIpc) is 2.88. The molecule has 3 saturated heterocycles. The summed E-state index contributed by atoms with van der Waals surface area (Å²) in [4.78, 5) is 15.5. The van der Waals surface area contributed by atoms with Crippen molar-refractivity contribution < 1.29 is 9.90 Å². The van der Waals surface area contributed by atoms with Gasteiger partial charge < -0.3 is 10.4 Å². The summed E-state index contributed by atoms with van der Waals surface area (Å²) in [6, 6.07) is 8.14. The zero-order valence-electron chi connectivity index (χ0n) is 13.4. The van der Waals surface area contributed by atoms with Crippen molar-refractivity contribution in [1.29, 1.82) is 0 Å². The van der Waals surface area contributed by atoms with Gasteiger partial charge in [-0.3, -0.25) is 9.69 Å². The SMILES string of the molecule is C=C[C@H]1CN2CC[C@H]1C[C@H]2[C@]1(CCO)C(=O)Nc2ccccc21. The van der Waals surface area contributed by atoms with Crippen LogP contribution in [0.25, 0.3) is 0 Å². The normalized spacial score (nSPS) is 38.2. The Labute approximate surface area is 137 Å². The Morgan fingerprint density at radius 1 is 1.43 bits per heavy atom. The second-order valence-corrected chi connectivity index (χ2v) is 7.14. The van der Waals surface area contributed by atoms with Gasteiger partial charge in [0.05, 0.1) is 5.41 Å². The minimum Gasteiger partial charge on any atom is -0.396 e. The van der Waals surface area contributed by atoms with Crippen LogP contribution in [0.15, 0.2) is 36.9 Å². The van der Waals surface area contributed by atoms with Crippen molar-refractivity contribution in [2.75, 3.05) is 25.0 Å².